The van der Waals surface area contributed by atoms with Crippen molar-refractivity contribution in [1.82, 2.24) is 24.6 Å². The highest BCUT2D eigenvalue weighted by molar-refractivity contribution is 6.33. The van der Waals surface area contributed by atoms with E-state index in [2.05, 4.69) is 15.2 Å². The van der Waals surface area contributed by atoms with Gasteiger partial charge < -0.3 is 9.47 Å². The van der Waals surface area contributed by atoms with Gasteiger partial charge in [0.05, 0.1) is 17.1 Å². The highest BCUT2D eigenvalue weighted by atomic mass is 35.5. The molecule has 0 aromatic carbocycles. The fourth-order valence-electron chi connectivity index (χ4n) is 2.09. The van der Waals surface area contributed by atoms with Gasteiger partial charge in [0.2, 0.25) is 0 Å². The second-order valence-corrected chi connectivity index (χ2v) is 4.88. The molecule has 7 heteroatoms. The van der Waals surface area contributed by atoms with Gasteiger partial charge in [0.15, 0.2) is 5.82 Å². The molecule has 1 amide bonds. The number of amides is 1. The summed E-state index contributed by atoms with van der Waals surface area (Å²) in [6.07, 6.45) is 3.21. The minimum atomic E-state index is -0.119. The minimum Gasteiger partial charge on any atom is -0.329 e. The van der Waals surface area contributed by atoms with E-state index in [-0.39, 0.29) is 5.91 Å². The highest BCUT2D eigenvalue weighted by Crippen LogP contribution is 2.20. The summed E-state index contributed by atoms with van der Waals surface area (Å²) in [5.74, 6) is 0.669. The minimum absolute atomic E-state index is 0.119. The maximum absolute atomic E-state index is 12.4. The Morgan fingerprint density at radius 3 is 3.05 bits per heavy atom. The molecule has 0 N–H and O–H groups in total. The van der Waals surface area contributed by atoms with Crippen molar-refractivity contribution < 1.29 is 4.79 Å². The van der Waals surface area contributed by atoms with Crippen LogP contribution >= 0.6 is 11.6 Å². The van der Waals surface area contributed by atoms with Crippen LogP contribution in [0.4, 0.5) is 0 Å². The van der Waals surface area contributed by atoms with Crippen molar-refractivity contribution in [3.8, 4) is 0 Å². The van der Waals surface area contributed by atoms with Crippen molar-refractivity contribution >= 4 is 17.5 Å². The number of carbonyl (C=O) groups excluding carboxylic acids is 1. The van der Waals surface area contributed by atoms with Crippen LogP contribution in [-0.4, -0.2) is 37.1 Å². The molecule has 0 radical (unpaired) electrons. The Bertz CT molecular complexity index is 639. The molecule has 3 heterocycles. The first-order valence-corrected chi connectivity index (χ1v) is 6.31. The van der Waals surface area contributed by atoms with E-state index in [1.165, 1.54) is 6.20 Å². The van der Waals surface area contributed by atoms with Crippen molar-refractivity contribution in [3.63, 3.8) is 0 Å². The smallest absolute Gasteiger partial charge is 0.257 e. The maximum atomic E-state index is 12.4. The van der Waals surface area contributed by atoms with E-state index < -0.39 is 0 Å². The van der Waals surface area contributed by atoms with Crippen LogP contribution in [0.5, 0.6) is 0 Å². The average molecular weight is 278 g/mol. The molecule has 0 bridgehead atoms. The lowest BCUT2D eigenvalue weighted by molar-refractivity contribution is 0.0707. The molecular weight excluding hydrogens is 266 g/mol. The summed E-state index contributed by atoms with van der Waals surface area (Å²) in [5, 5.41) is 8.26. The fourth-order valence-corrected chi connectivity index (χ4v) is 2.38. The van der Waals surface area contributed by atoms with Gasteiger partial charge in [-0.2, -0.15) is 0 Å². The normalized spacial score (nSPS) is 14.3. The Hall–Kier alpha value is -1.95. The predicted octanol–water partition coefficient (Wildman–Crippen LogP) is 1.29. The summed E-state index contributed by atoms with van der Waals surface area (Å²) in [6.45, 7) is 3.60. The molecule has 6 nitrogen and oxygen atoms in total. The van der Waals surface area contributed by atoms with E-state index in [4.69, 9.17) is 11.6 Å². The summed E-state index contributed by atoms with van der Waals surface area (Å²) in [7, 11) is 0. The van der Waals surface area contributed by atoms with Gasteiger partial charge in [-0.15, -0.1) is 10.2 Å². The van der Waals surface area contributed by atoms with E-state index in [1.54, 1.807) is 17.3 Å². The number of nitrogens with zero attached hydrogens (tertiary/aromatic N) is 5. The number of rotatable bonds is 1. The van der Waals surface area contributed by atoms with Gasteiger partial charge in [-0.1, -0.05) is 11.6 Å². The van der Waals surface area contributed by atoms with Crippen molar-refractivity contribution in [2.45, 2.75) is 20.0 Å². The van der Waals surface area contributed by atoms with Crippen LogP contribution in [0.1, 0.15) is 21.9 Å². The largest absolute Gasteiger partial charge is 0.329 e. The lowest BCUT2D eigenvalue weighted by Gasteiger charge is -2.27. The van der Waals surface area contributed by atoms with E-state index in [1.807, 2.05) is 11.5 Å². The fraction of sp³-hybridized carbons (Fsp3) is 0.333. The highest BCUT2D eigenvalue weighted by Gasteiger charge is 2.24. The third-order valence-corrected chi connectivity index (χ3v) is 3.46. The Kier molecular flexibility index (Phi) is 2.94. The van der Waals surface area contributed by atoms with Crippen LogP contribution in [0, 0.1) is 6.92 Å². The van der Waals surface area contributed by atoms with Crippen LogP contribution < -0.4 is 0 Å². The SMILES string of the molecule is Cc1cc(Cl)c(C(=O)N2CCn3cnnc3C2)cn1. The van der Waals surface area contributed by atoms with Crippen LogP contribution in [0.25, 0.3) is 0 Å². The second-order valence-electron chi connectivity index (χ2n) is 4.47. The molecule has 0 atom stereocenters. The van der Waals surface area contributed by atoms with E-state index in [9.17, 15) is 4.79 Å². The van der Waals surface area contributed by atoms with E-state index >= 15 is 0 Å². The average Bonchev–Trinajstić information content (AvgIpc) is 2.85. The van der Waals surface area contributed by atoms with Crippen LogP contribution in [0.3, 0.4) is 0 Å². The number of fused-ring (bicyclic) bond motifs is 1. The Morgan fingerprint density at radius 2 is 2.26 bits per heavy atom. The number of hydrogen-bond acceptors (Lipinski definition) is 4. The van der Waals surface area contributed by atoms with E-state index in [0.717, 1.165) is 11.5 Å². The number of pyridine rings is 1. The monoisotopic (exact) mass is 277 g/mol. The summed E-state index contributed by atoms with van der Waals surface area (Å²) in [6, 6.07) is 1.70. The summed E-state index contributed by atoms with van der Waals surface area (Å²) in [4.78, 5) is 18.2. The molecule has 0 saturated carbocycles. The second kappa shape index (κ2) is 4.62. The Morgan fingerprint density at radius 1 is 1.42 bits per heavy atom. The first-order valence-electron chi connectivity index (χ1n) is 5.93. The molecule has 0 unspecified atom stereocenters. The lowest BCUT2D eigenvalue weighted by atomic mass is 10.2. The van der Waals surface area contributed by atoms with Gasteiger partial charge in [-0.3, -0.25) is 9.78 Å². The summed E-state index contributed by atoms with van der Waals surface area (Å²) < 4.78 is 1.94. The molecule has 0 saturated heterocycles. The third-order valence-electron chi connectivity index (χ3n) is 3.15. The molecule has 0 aliphatic carbocycles. The molecule has 2 aromatic rings. The van der Waals surface area contributed by atoms with Gasteiger partial charge in [-0.05, 0) is 13.0 Å². The molecule has 1 aliphatic rings. The van der Waals surface area contributed by atoms with Gasteiger partial charge in [0, 0.05) is 25.0 Å². The topological polar surface area (TPSA) is 63.9 Å². The van der Waals surface area contributed by atoms with Crippen molar-refractivity contribution in [1.29, 1.82) is 0 Å². The third kappa shape index (κ3) is 2.19. The number of hydrogen-bond donors (Lipinski definition) is 0. The standard InChI is InChI=1S/C12H12ClN5O/c1-8-4-10(13)9(5-14-8)12(19)17-2-3-18-7-15-16-11(18)6-17/h4-5,7H,2-3,6H2,1H3. The molecular formula is C12H12ClN5O. The zero-order valence-electron chi connectivity index (χ0n) is 10.4. The van der Waals surface area contributed by atoms with Gasteiger partial charge in [0.1, 0.15) is 6.33 Å². The maximum Gasteiger partial charge on any atom is 0.257 e. The Labute approximate surface area is 115 Å². The van der Waals surface area contributed by atoms with Crippen LogP contribution in [-0.2, 0) is 13.1 Å². The molecule has 2 aromatic heterocycles. The zero-order valence-corrected chi connectivity index (χ0v) is 11.1. The van der Waals surface area contributed by atoms with Gasteiger partial charge >= 0.3 is 0 Å². The van der Waals surface area contributed by atoms with Crippen LogP contribution in [0.2, 0.25) is 5.02 Å². The lowest BCUT2D eigenvalue weighted by Crippen LogP contribution is -2.38. The van der Waals surface area contributed by atoms with Crippen molar-refractivity contribution in [2.75, 3.05) is 6.54 Å². The predicted molar refractivity (Wildman–Crippen MR) is 68.7 cm³/mol. The number of halogens is 1. The number of carbonyl (C=O) groups is 1. The molecule has 98 valence electrons. The molecule has 19 heavy (non-hydrogen) atoms. The number of aryl methyl sites for hydroxylation is 1. The first-order chi connectivity index (χ1) is 9.15. The number of aromatic nitrogens is 4. The molecule has 1 aliphatic heterocycles. The summed E-state index contributed by atoms with van der Waals surface area (Å²) in [5.41, 5.74) is 1.22. The van der Waals surface area contributed by atoms with E-state index in [0.29, 0.717) is 30.2 Å². The first kappa shape index (κ1) is 12.1. The summed E-state index contributed by atoms with van der Waals surface area (Å²) >= 11 is 6.10. The van der Waals surface area contributed by atoms with Gasteiger partial charge in [-0.25, -0.2) is 0 Å². The van der Waals surface area contributed by atoms with Gasteiger partial charge in [0.25, 0.3) is 5.91 Å². The molecule has 0 fully saturated rings. The quantitative estimate of drug-likeness (QED) is 0.788. The Balaban J connectivity index is 1.85. The van der Waals surface area contributed by atoms with Crippen LogP contribution in [0.15, 0.2) is 18.6 Å². The molecule has 0 spiro atoms. The van der Waals surface area contributed by atoms with Crippen molar-refractivity contribution in [3.05, 3.63) is 40.7 Å². The molecule has 3 rings (SSSR count). The zero-order chi connectivity index (χ0) is 13.4. The van der Waals surface area contributed by atoms with Crippen molar-refractivity contribution in [2.24, 2.45) is 0 Å².